The van der Waals surface area contributed by atoms with Crippen LogP contribution in [0.1, 0.15) is 25.3 Å². The van der Waals surface area contributed by atoms with Crippen molar-refractivity contribution in [3.05, 3.63) is 41.5 Å². The Morgan fingerprint density at radius 3 is 2.88 bits per heavy atom. The van der Waals surface area contributed by atoms with Crippen molar-refractivity contribution in [2.45, 2.75) is 36.9 Å². The number of fused-ring (bicyclic) bond motifs is 3. The van der Waals surface area contributed by atoms with E-state index in [1.807, 2.05) is 13.0 Å². The second kappa shape index (κ2) is 5.11. The number of rotatable bonds is 1. The number of nitrogens with zero attached hydrogens (tertiary/aromatic N) is 2. The minimum absolute atomic E-state index is 0.0282. The highest BCUT2D eigenvalue weighted by Crippen LogP contribution is 2.69. The monoisotopic (exact) mass is 354 g/mol. The van der Waals surface area contributed by atoms with Crippen molar-refractivity contribution < 1.29 is 14.6 Å². The average Bonchev–Trinajstić information content (AvgIpc) is 3.03. The first kappa shape index (κ1) is 16.3. The molecule has 1 unspecified atom stereocenters. The van der Waals surface area contributed by atoms with Gasteiger partial charge in [-0.15, -0.1) is 0 Å². The first-order chi connectivity index (χ1) is 12.5. The summed E-state index contributed by atoms with van der Waals surface area (Å²) >= 11 is 0. The molecule has 3 saturated heterocycles. The number of anilines is 1. The Morgan fingerprint density at radius 2 is 2.15 bits per heavy atom. The zero-order valence-corrected chi connectivity index (χ0v) is 15.6. The van der Waals surface area contributed by atoms with Gasteiger partial charge < -0.3 is 14.7 Å². The summed E-state index contributed by atoms with van der Waals surface area (Å²) in [6, 6.07) is 8.37. The van der Waals surface area contributed by atoms with E-state index in [1.165, 1.54) is 18.2 Å². The number of hydrogen-bond donors (Lipinski definition) is 1. The molecule has 6 rings (SSSR count). The van der Waals surface area contributed by atoms with Crippen molar-refractivity contribution in [3.63, 3.8) is 0 Å². The third-order valence-electron chi connectivity index (χ3n) is 7.72. The molecule has 0 radical (unpaired) electrons. The summed E-state index contributed by atoms with van der Waals surface area (Å²) in [6.07, 6.45) is 3.12. The molecular weight excluding hydrogens is 328 g/mol. The maximum Gasteiger partial charge on any atom is 0.310 e. The highest BCUT2D eigenvalue weighted by molar-refractivity contribution is 5.82. The number of methoxy groups -OCH3 is 1. The van der Waals surface area contributed by atoms with Gasteiger partial charge in [0.2, 0.25) is 0 Å². The fraction of sp³-hybridized carbons (Fsp3) is 0.571. The van der Waals surface area contributed by atoms with Gasteiger partial charge in [0.05, 0.1) is 24.5 Å². The molecule has 1 spiro atoms. The Kier molecular flexibility index (Phi) is 3.21. The van der Waals surface area contributed by atoms with Crippen LogP contribution in [0.5, 0.6) is 0 Å². The number of carbonyl (C=O) groups excluding carboxylic acids is 1. The molecule has 1 aromatic rings. The largest absolute Gasteiger partial charge is 0.469 e. The fourth-order valence-electron chi connectivity index (χ4n) is 6.99. The first-order valence-electron chi connectivity index (χ1n) is 9.53. The summed E-state index contributed by atoms with van der Waals surface area (Å²) in [4.78, 5) is 17.8. The molecule has 4 heterocycles. The van der Waals surface area contributed by atoms with Crippen molar-refractivity contribution in [2.24, 2.45) is 11.8 Å². The summed E-state index contributed by atoms with van der Waals surface area (Å²) in [5.74, 6) is -0.374. The molecule has 6 atom stereocenters. The molecule has 1 saturated carbocycles. The lowest BCUT2D eigenvalue weighted by molar-refractivity contribution is -0.159. The van der Waals surface area contributed by atoms with Crippen molar-refractivity contribution in [1.82, 2.24) is 4.90 Å². The molecular formula is C21H26N2O3. The van der Waals surface area contributed by atoms with Crippen molar-refractivity contribution in [2.75, 3.05) is 32.1 Å². The molecule has 1 aromatic carbocycles. The zero-order valence-electron chi connectivity index (χ0n) is 15.6. The molecule has 0 amide bonds. The van der Waals surface area contributed by atoms with E-state index in [1.54, 1.807) is 0 Å². The molecule has 1 aliphatic carbocycles. The highest BCUT2D eigenvalue weighted by atomic mass is 16.5. The number of aliphatic hydroxyl groups excluding tert-OH is 1. The van der Waals surface area contributed by atoms with Gasteiger partial charge in [0, 0.05) is 25.8 Å². The SMILES string of the molecule is C/C=C1/CN2CC[C@@]34c5ccccc5N(C)[C@@]23[C@@H](O)C[C@@H]1[C@@H]4C(=O)OC. The van der Waals surface area contributed by atoms with Crippen LogP contribution in [0.15, 0.2) is 35.9 Å². The number of para-hydroxylation sites is 1. The summed E-state index contributed by atoms with van der Waals surface area (Å²) < 4.78 is 5.34. The van der Waals surface area contributed by atoms with Crippen molar-refractivity contribution >= 4 is 11.7 Å². The quantitative estimate of drug-likeness (QED) is 0.617. The van der Waals surface area contributed by atoms with E-state index in [2.05, 4.69) is 41.1 Å². The van der Waals surface area contributed by atoms with Gasteiger partial charge in [-0.2, -0.15) is 0 Å². The van der Waals surface area contributed by atoms with Crippen LogP contribution in [0, 0.1) is 11.8 Å². The van der Waals surface area contributed by atoms with Crippen LogP contribution in [-0.2, 0) is 14.9 Å². The van der Waals surface area contributed by atoms with Gasteiger partial charge >= 0.3 is 5.97 Å². The zero-order chi connectivity index (χ0) is 18.3. The van der Waals surface area contributed by atoms with Crippen LogP contribution in [0.4, 0.5) is 5.69 Å². The van der Waals surface area contributed by atoms with E-state index in [4.69, 9.17) is 4.74 Å². The standard InChI is InChI=1S/C21H26N2O3/c1-4-13-12-23-10-9-20-15-7-5-6-8-16(15)22(2)21(20,23)17(24)11-14(13)18(20)19(25)26-3/h4-8,14,17-18,24H,9-12H2,1-3H3/b13-4-/t14-,17-,18+,20-,21-/m0/s1. The summed E-state index contributed by atoms with van der Waals surface area (Å²) in [5.41, 5.74) is 2.59. The van der Waals surface area contributed by atoms with Crippen LogP contribution in [0.25, 0.3) is 0 Å². The summed E-state index contributed by atoms with van der Waals surface area (Å²) in [6.45, 7) is 3.74. The Hall–Kier alpha value is -1.85. The molecule has 4 aliphatic heterocycles. The normalized spacial score (nSPS) is 44.0. The highest BCUT2D eigenvalue weighted by Gasteiger charge is 2.78. The third kappa shape index (κ3) is 1.47. The van der Waals surface area contributed by atoms with E-state index in [0.29, 0.717) is 6.42 Å². The van der Waals surface area contributed by atoms with Crippen molar-refractivity contribution in [1.29, 1.82) is 0 Å². The van der Waals surface area contributed by atoms with E-state index in [-0.39, 0.29) is 17.8 Å². The number of esters is 1. The number of ether oxygens (including phenoxy) is 1. The summed E-state index contributed by atoms with van der Waals surface area (Å²) in [7, 11) is 3.57. The van der Waals surface area contributed by atoms with Gasteiger partial charge in [-0.1, -0.05) is 29.8 Å². The van der Waals surface area contributed by atoms with Crippen LogP contribution < -0.4 is 4.90 Å². The molecule has 4 bridgehead atoms. The molecule has 1 N–H and O–H groups in total. The molecule has 138 valence electrons. The lowest BCUT2D eigenvalue weighted by Crippen LogP contribution is -2.73. The minimum Gasteiger partial charge on any atom is -0.469 e. The number of benzene rings is 1. The van der Waals surface area contributed by atoms with E-state index in [9.17, 15) is 9.90 Å². The smallest absolute Gasteiger partial charge is 0.310 e. The third-order valence-corrected chi connectivity index (χ3v) is 7.72. The molecule has 5 aliphatic rings. The Labute approximate surface area is 154 Å². The predicted molar refractivity (Wildman–Crippen MR) is 98.8 cm³/mol. The fourth-order valence-corrected chi connectivity index (χ4v) is 6.99. The second-order valence-electron chi connectivity index (χ2n) is 8.17. The molecule has 5 heteroatoms. The van der Waals surface area contributed by atoms with Gasteiger partial charge in [-0.3, -0.25) is 9.69 Å². The number of hydrogen-bond acceptors (Lipinski definition) is 5. The Bertz CT molecular complexity index is 821. The van der Waals surface area contributed by atoms with E-state index in [0.717, 1.165) is 25.2 Å². The summed E-state index contributed by atoms with van der Waals surface area (Å²) in [5, 5.41) is 11.5. The van der Waals surface area contributed by atoms with Gasteiger partial charge in [0.1, 0.15) is 5.66 Å². The van der Waals surface area contributed by atoms with Crippen LogP contribution >= 0.6 is 0 Å². The topological polar surface area (TPSA) is 53.0 Å². The molecule has 5 nitrogen and oxygen atoms in total. The van der Waals surface area contributed by atoms with Gasteiger partial charge in [-0.05, 0) is 37.3 Å². The van der Waals surface area contributed by atoms with Gasteiger partial charge in [-0.25, -0.2) is 0 Å². The Balaban J connectivity index is 1.88. The predicted octanol–water partition coefficient (Wildman–Crippen LogP) is 1.91. The average molecular weight is 354 g/mol. The van der Waals surface area contributed by atoms with E-state index < -0.39 is 17.2 Å². The van der Waals surface area contributed by atoms with E-state index >= 15 is 0 Å². The molecule has 0 aromatic heterocycles. The maximum atomic E-state index is 13.1. The lowest BCUT2D eigenvalue weighted by Gasteiger charge is -2.56. The number of likely N-dealkylation sites (N-methyl/N-ethyl adjacent to an activating group) is 1. The number of allylic oxidation sites excluding steroid dienone is 1. The maximum absolute atomic E-state index is 13.1. The van der Waals surface area contributed by atoms with Crippen LogP contribution in [-0.4, -0.2) is 55.0 Å². The lowest BCUT2D eigenvalue weighted by atomic mass is 9.53. The second-order valence-corrected chi connectivity index (χ2v) is 8.17. The minimum atomic E-state index is -0.573. The van der Waals surface area contributed by atoms with Gasteiger partial charge in [0.25, 0.3) is 0 Å². The van der Waals surface area contributed by atoms with Crippen molar-refractivity contribution in [3.8, 4) is 0 Å². The van der Waals surface area contributed by atoms with Crippen LogP contribution in [0.2, 0.25) is 0 Å². The first-order valence-corrected chi connectivity index (χ1v) is 9.53. The number of aliphatic hydroxyl groups is 1. The van der Waals surface area contributed by atoms with Crippen LogP contribution in [0.3, 0.4) is 0 Å². The molecule has 26 heavy (non-hydrogen) atoms. The van der Waals surface area contributed by atoms with Gasteiger partial charge in [0.15, 0.2) is 0 Å². The molecule has 4 fully saturated rings. The Morgan fingerprint density at radius 1 is 1.38 bits per heavy atom. The number of carbonyl (C=O) groups is 1.